The predicted molar refractivity (Wildman–Crippen MR) is 115 cm³/mol. The van der Waals surface area contributed by atoms with Crippen LogP contribution >= 0.6 is 0 Å². The molecule has 0 aliphatic heterocycles. The summed E-state index contributed by atoms with van der Waals surface area (Å²) < 4.78 is 6.10. The smallest absolute Gasteiger partial charge is 0.145 e. The fourth-order valence-corrected chi connectivity index (χ4v) is 2.88. The van der Waals surface area contributed by atoms with Crippen LogP contribution in [0.1, 0.15) is 76.0 Å². The molecule has 140 valence electrons. The minimum Gasteiger partial charge on any atom is -0.340 e. The Balaban J connectivity index is 2.21. The molecular formula is C26H30O. The van der Waals surface area contributed by atoms with Crippen molar-refractivity contribution in [3.63, 3.8) is 0 Å². The summed E-state index contributed by atoms with van der Waals surface area (Å²) in [4.78, 5) is 0. The van der Waals surface area contributed by atoms with Crippen LogP contribution in [-0.2, 0) is 15.6 Å². The summed E-state index contributed by atoms with van der Waals surface area (Å²) in [6, 6.07) is 16.5. The van der Waals surface area contributed by atoms with Crippen LogP contribution in [0.2, 0.25) is 0 Å². The molecule has 2 atom stereocenters. The molecule has 1 heteroatoms. The first-order valence-electron chi connectivity index (χ1n) is 9.35. The summed E-state index contributed by atoms with van der Waals surface area (Å²) in [5, 5.41) is 0. The fraction of sp³-hybridized carbons (Fsp3) is 0.385. The summed E-state index contributed by atoms with van der Waals surface area (Å²) in [5.41, 5.74) is 4.60. The molecule has 0 heterocycles. The third-order valence-electron chi connectivity index (χ3n) is 4.73. The average Bonchev–Trinajstić information content (AvgIpc) is 2.62. The second kappa shape index (κ2) is 8.04. The molecule has 0 aliphatic rings. The van der Waals surface area contributed by atoms with Gasteiger partial charge in [-0.25, -0.2) is 0 Å². The fourth-order valence-electron chi connectivity index (χ4n) is 2.88. The molecule has 2 unspecified atom stereocenters. The summed E-state index contributed by atoms with van der Waals surface area (Å²) in [6.45, 7) is 13.1. The van der Waals surface area contributed by atoms with Crippen molar-refractivity contribution < 1.29 is 4.74 Å². The van der Waals surface area contributed by atoms with E-state index in [1.165, 1.54) is 11.1 Å². The van der Waals surface area contributed by atoms with Crippen LogP contribution in [0.15, 0.2) is 48.5 Å². The van der Waals surface area contributed by atoms with Gasteiger partial charge in [-0.1, -0.05) is 102 Å². The molecule has 0 N–H and O–H groups in total. The van der Waals surface area contributed by atoms with E-state index >= 15 is 0 Å². The van der Waals surface area contributed by atoms with E-state index in [4.69, 9.17) is 17.6 Å². The number of hydrogen-bond acceptors (Lipinski definition) is 1. The van der Waals surface area contributed by atoms with E-state index in [1.807, 2.05) is 24.3 Å². The Morgan fingerprint density at radius 2 is 0.926 bits per heavy atom. The van der Waals surface area contributed by atoms with Crippen molar-refractivity contribution in [2.24, 2.45) is 0 Å². The molecule has 1 nitrogen and oxygen atoms in total. The molecule has 2 aromatic rings. The second-order valence-electron chi connectivity index (χ2n) is 8.97. The Labute approximate surface area is 165 Å². The third-order valence-corrected chi connectivity index (χ3v) is 4.73. The molecule has 2 aromatic carbocycles. The van der Waals surface area contributed by atoms with Crippen molar-refractivity contribution in [2.75, 3.05) is 0 Å². The van der Waals surface area contributed by atoms with Gasteiger partial charge in [-0.15, -0.1) is 12.8 Å². The van der Waals surface area contributed by atoms with Crippen LogP contribution in [0.4, 0.5) is 0 Å². The predicted octanol–water partition coefficient (Wildman–Crippen LogP) is 6.35. The molecule has 0 fully saturated rings. The average molecular weight is 359 g/mol. The van der Waals surface area contributed by atoms with Gasteiger partial charge in [0.05, 0.1) is 0 Å². The van der Waals surface area contributed by atoms with Gasteiger partial charge in [0.2, 0.25) is 0 Å². The second-order valence-corrected chi connectivity index (χ2v) is 8.97. The van der Waals surface area contributed by atoms with Gasteiger partial charge >= 0.3 is 0 Å². The van der Waals surface area contributed by atoms with Crippen molar-refractivity contribution in [1.29, 1.82) is 0 Å². The van der Waals surface area contributed by atoms with Crippen LogP contribution in [0.5, 0.6) is 0 Å². The van der Waals surface area contributed by atoms with Crippen molar-refractivity contribution in [1.82, 2.24) is 0 Å². The first-order chi connectivity index (χ1) is 12.6. The molecule has 0 aliphatic carbocycles. The van der Waals surface area contributed by atoms with Gasteiger partial charge in [0.1, 0.15) is 12.2 Å². The lowest BCUT2D eigenvalue weighted by molar-refractivity contribution is 0.0515. The highest BCUT2D eigenvalue weighted by atomic mass is 16.5. The van der Waals surface area contributed by atoms with Crippen LogP contribution in [0.3, 0.4) is 0 Å². The standard InChI is InChI=1S/C26H30O/c1-9-23(19-11-15-21(16-12-19)25(3,4)5)27-24(10-2)20-13-17-22(18-14-20)26(6,7)8/h1-2,11-18,23-24H,3-8H3. The van der Waals surface area contributed by atoms with Crippen molar-refractivity contribution in [3.8, 4) is 24.7 Å². The Morgan fingerprint density at radius 3 is 1.15 bits per heavy atom. The maximum atomic E-state index is 6.10. The SMILES string of the molecule is C#CC(OC(C#C)c1ccc(C(C)(C)C)cc1)c1ccc(C(C)(C)C)cc1. The van der Waals surface area contributed by atoms with Gasteiger partial charge in [-0.05, 0) is 33.1 Å². The summed E-state index contributed by atoms with van der Waals surface area (Å²) in [6.07, 6.45) is 10.5. The van der Waals surface area contributed by atoms with E-state index in [0.29, 0.717) is 0 Å². The third kappa shape index (κ3) is 5.26. The maximum absolute atomic E-state index is 6.10. The van der Waals surface area contributed by atoms with E-state index in [2.05, 4.69) is 77.6 Å². The van der Waals surface area contributed by atoms with Crippen molar-refractivity contribution >= 4 is 0 Å². The van der Waals surface area contributed by atoms with E-state index in [1.54, 1.807) is 0 Å². The highest BCUT2D eigenvalue weighted by molar-refractivity contribution is 5.34. The van der Waals surface area contributed by atoms with Crippen molar-refractivity contribution in [2.45, 2.75) is 64.6 Å². The summed E-state index contributed by atoms with van der Waals surface area (Å²) in [5.74, 6) is 5.46. The molecule has 0 radical (unpaired) electrons. The summed E-state index contributed by atoms with van der Waals surface area (Å²) >= 11 is 0. The van der Waals surface area contributed by atoms with Gasteiger partial charge in [-0.2, -0.15) is 0 Å². The first kappa shape index (κ1) is 20.8. The Morgan fingerprint density at radius 1 is 0.630 bits per heavy atom. The van der Waals surface area contributed by atoms with E-state index in [9.17, 15) is 0 Å². The molecular weight excluding hydrogens is 328 g/mol. The normalized spacial score (nSPS) is 14.1. The maximum Gasteiger partial charge on any atom is 0.145 e. The molecule has 27 heavy (non-hydrogen) atoms. The molecule has 0 saturated heterocycles. The van der Waals surface area contributed by atoms with E-state index in [-0.39, 0.29) is 10.8 Å². The topological polar surface area (TPSA) is 9.23 Å². The molecule has 2 rings (SSSR count). The molecule has 0 saturated carbocycles. The Hall–Kier alpha value is -2.48. The van der Waals surface area contributed by atoms with Crippen molar-refractivity contribution in [3.05, 3.63) is 70.8 Å². The minimum absolute atomic E-state index is 0.0984. The summed E-state index contributed by atoms with van der Waals surface area (Å²) in [7, 11) is 0. The number of terminal acetylenes is 2. The lowest BCUT2D eigenvalue weighted by Gasteiger charge is -2.23. The zero-order valence-corrected chi connectivity index (χ0v) is 17.3. The largest absolute Gasteiger partial charge is 0.340 e. The minimum atomic E-state index is -0.484. The molecule has 0 bridgehead atoms. The van der Waals surface area contributed by atoms with E-state index < -0.39 is 12.2 Å². The number of benzene rings is 2. The highest BCUT2D eigenvalue weighted by Gasteiger charge is 2.20. The number of ether oxygens (including phenoxy) is 1. The molecule has 0 amide bonds. The lowest BCUT2D eigenvalue weighted by atomic mass is 9.86. The highest BCUT2D eigenvalue weighted by Crippen LogP contribution is 2.30. The zero-order valence-electron chi connectivity index (χ0n) is 17.3. The number of rotatable bonds is 4. The Bertz CT molecular complexity index is 755. The first-order valence-corrected chi connectivity index (χ1v) is 9.35. The van der Waals surface area contributed by atoms with Gasteiger partial charge in [0, 0.05) is 0 Å². The molecule has 0 aromatic heterocycles. The number of hydrogen-bond donors (Lipinski definition) is 0. The van der Waals surface area contributed by atoms with Crippen LogP contribution in [-0.4, -0.2) is 0 Å². The lowest BCUT2D eigenvalue weighted by Crippen LogP contribution is -2.13. The Kier molecular flexibility index (Phi) is 6.20. The van der Waals surface area contributed by atoms with Gasteiger partial charge in [-0.3, -0.25) is 0 Å². The zero-order chi connectivity index (χ0) is 20.2. The van der Waals surface area contributed by atoms with Gasteiger partial charge in [0.25, 0.3) is 0 Å². The van der Waals surface area contributed by atoms with Crippen LogP contribution in [0.25, 0.3) is 0 Å². The quantitative estimate of drug-likeness (QED) is 0.579. The van der Waals surface area contributed by atoms with Gasteiger partial charge in [0.15, 0.2) is 0 Å². The molecule has 0 spiro atoms. The van der Waals surface area contributed by atoms with Gasteiger partial charge < -0.3 is 4.74 Å². The van der Waals surface area contributed by atoms with Crippen LogP contribution in [0, 0.1) is 24.7 Å². The van der Waals surface area contributed by atoms with Crippen LogP contribution < -0.4 is 0 Å². The monoisotopic (exact) mass is 358 g/mol. The van der Waals surface area contributed by atoms with E-state index in [0.717, 1.165) is 11.1 Å².